The van der Waals surface area contributed by atoms with Gasteiger partial charge in [0.2, 0.25) is 10.0 Å². The molecule has 0 radical (unpaired) electrons. The number of nitrogens with zero attached hydrogens (tertiary/aromatic N) is 1. The highest BCUT2D eigenvalue weighted by Gasteiger charge is 2.29. The smallest absolute Gasteiger partial charge is 0.328 e. The number of anilines is 2. The van der Waals surface area contributed by atoms with E-state index in [9.17, 15) is 18.0 Å². The lowest BCUT2D eigenvalue weighted by molar-refractivity contribution is -0.142. The molecule has 0 bridgehead atoms. The van der Waals surface area contributed by atoms with E-state index in [4.69, 9.17) is 21.1 Å². The molecule has 5 aromatic carbocycles. The number of ether oxygens (including phenoxy) is 2. The number of rotatable bonds is 14. The fraction of sp³-hybridized carbons (Fsp3) is 0.190. The lowest BCUT2D eigenvalue weighted by atomic mass is 9.99. The number of carbonyl (C=O) groups excluding carboxylic acids is 2. The molecule has 1 unspecified atom stereocenters. The van der Waals surface area contributed by atoms with Gasteiger partial charge in [0.25, 0.3) is 5.91 Å². The van der Waals surface area contributed by atoms with Crippen LogP contribution in [0.4, 0.5) is 11.4 Å². The Bertz CT molecular complexity index is 2210. The summed E-state index contributed by atoms with van der Waals surface area (Å²) < 4.78 is 41.5. The van der Waals surface area contributed by atoms with Crippen LogP contribution in [0.15, 0.2) is 121 Å². The van der Waals surface area contributed by atoms with Crippen molar-refractivity contribution in [3.63, 3.8) is 0 Å². The van der Waals surface area contributed by atoms with Crippen molar-refractivity contribution in [1.82, 2.24) is 5.32 Å². The molecule has 53 heavy (non-hydrogen) atoms. The third-order valence-electron chi connectivity index (χ3n) is 8.67. The van der Waals surface area contributed by atoms with Crippen LogP contribution in [-0.4, -0.2) is 47.5 Å². The number of halogens is 1. The summed E-state index contributed by atoms with van der Waals surface area (Å²) in [7, 11) is 0.928. The van der Waals surface area contributed by atoms with E-state index in [1.54, 1.807) is 13.0 Å². The highest BCUT2D eigenvalue weighted by molar-refractivity contribution is 7.92. The fourth-order valence-corrected chi connectivity index (χ4v) is 7.28. The van der Waals surface area contributed by atoms with Crippen molar-refractivity contribution in [3.8, 4) is 22.6 Å². The van der Waals surface area contributed by atoms with Crippen LogP contribution in [-0.2, 0) is 26.0 Å². The quantitative estimate of drug-likeness (QED) is 0.109. The van der Waals surface area contributed by atoms with Crippen LogP contribution >= 0.6 is 11.6 Å². The van der Waals surface area contributed by atoms with Gasteiger partial charge in [0.15, 0.2) is 0 Å². The zero-order valence-corrected chi connectivity index (χ0v) is 31.7. The van der Waals surface area contributed by atoms with E-state index < -0.39 is 33.2 Å². The molecule has 2 N–H and O–H groups in total. The molecular weight excluding hydrogens is 710 g/mol. The summed E-state index contributed by atoms with van der Waals surface area (Å²) in [6.07, 6.45) is 3.83. The van der Waals surface area contributed by atoms with Gasteiger partial charge in [-0.1, -0.05) is 96.5 Å². The van der Waals surface area contributed by atoms with Crippen LogP contribution in [0, 0.1) is 0 Å². The first-order chi connectivity index (χ1) is 25.4. The van der Waals surface area contributed by atoms with Crippen LogP contribution in [0.2, 0.25) is 5.02 Å². The molecule has 2 atom stereocenters. The van der Waals surface area contributed by atoms with Crippen LogP contribution < -0.4 is 19.7 Å². The van der Waals surface area contributed by atoms with Gasteiger partial charge in [-0.05, 0) is 73.0 Å². The number of benzene rings is 5. The molecule has 5 aromatic rings. The van der Waals surface area contributed by atoms with Gasteiger partial charge in [0.1, 0.15) is 22.8 Å². The van der Waals surface area contributed by atoms with Crippen LogP contribution in [0.25, 0.3) is 17.2 Å². The van der Waals surface area contributed by atoms with Gasteiger partial charge < -0.3 is 19.7 Å². The Morgan fingerprint density at radius 2 is 1.58 bits per heavy atom. The summed E-state index contributed by atoms with van der Waals surface area (Å²) >= 11 is 6.30. The van der Waals surface area contributed by atoms with E-state index in [1.807, 2.05) is 129 Å². The Hall–Kier alpha value is -5.58. The first-order valence-electron chi connectivity index (χ1n) is 17.0. The number of hydrogen-bond acceptors (Lipinski definition) is 7. The Kier molecular flexibility index (Phi) is 12.6. The molecule has 0 saturated heterocycles. The molecule has 0 spiro atoms. The maximum atomic E-state index is 13.9. The van der Waals surface area contributed by atoms with Crippen molar-refractivity contribution in [2.45, 2.75) is 31.6 Å². The SMILES string of the molecule is C/C=C\c1c(C(C)S(=O)(=O)Nc2ccc(Cl)cc2C(=O)N[C@@H](Cc2ccc(-c3ccccc3Oc3ccccc3)cc2)C(=O)OC)cccc1N(C)C. The van der Waals surface area contributed by atoms with E-state index in [1.165, 1.54) is 25.3 Å². The molecule has 274 valence electrons. The molecule has 0 saturated carbocycles. The molecule has 1 amide bonds. The zero-order chi connectivity index (χ0) is 38.1. The first kappa shape index (κ1) is 38.6. The van der Waals surface area contributed by atoms with Crippen molar-refractivity contribution in [2.75, 3.05) is 30.8 Å². The number of allylic oxidation sites excluding steroid dienone is 1. The van der Waals surface area contributed by atoms with E-state index >= 15 is 0 Å². The predicted molar refractivity (Wildman–Crippen MR) is 213 cm³/mol. The summed E-state index contributed by atoms with van der Waals surface area (Å²) in [5.41, 5.74) is 4.71. The third kappa shape index (κ3) is 9.46. The zero-order valence-electron chi connectivity index (χ0n) is 30.2. The standard InChI is InChI=1S/C42H42ClN3O6S/c1-6-13-35-33(17-12-18-39(35)46(3)4)28(2)53(49,50)45-37-25-24-31(43)27-36(37)41(47)44-38(42(48)51-5)26-29-20-22-30(23-21-29)34-16-10-11-19-40(34)52-32-14-8-7-9-15-32/h6-25,27-28,38,45H,26H2,1-5H3,(H,44,47)/b13-6-/t28?,38-/m0/s1. The van der Waals surface area contributed by atoms with Crippen molar-refractivity contribution in [3.05, 3.63) is 149 Å². The van der Waals surface area contributed by atoms with Crippen LogP contribution in [0.5, 0.6) is 11.5 Å². The normalized spacial score (nSPS) is 12.5. The highest BCUT2D eigenvalue weighted by atomic mass is 35.5. The largest absolute Gasteiger partial charge is 0.467 e. The second-order valence-electron chi connectivity index (χ2n) is 12.5. The predicted octanol–water partition coefficient (Wildman–Crippen LogP) is 8.92. The number of amides is 1. The summed E-state index contributed by atoms with van der Waals surface area (Å²) in [6, 6.07) is 33.4. The van der Waals surface area contributed by atoms with E-state index in [-0.39, 0.29) is 22.7 Å². The van der Waals surface area contributed by atoms with Gasteiger partial charge >= 0.3 is 5.97 Å². The van der Waals surface area contributed by atoms with Gasteiger partial charge in [-0.2, -0.15) is 0 Å². The van der Waals surface area contributed by atoms with Crippen molar-refractivity contribution >= 4 is 51.0 Å². The Labute approximate surface area is 316 Å². The maximum Gasteiger partial charge on any atom is 0.328 e. The summed E-state index contributed by atoms with van der Waals surface area (Å²) in [6.45, 7) is 3.46. The van der Waals surface area contributed by atoms with Gasteiger partial charge in [-0.15, -0.1) is 0 Å². The Balaban J connectivity index is 1.36. The van der Waals surface area contributed by atoms with E-state index in [2.05, 4.69) is 10.0 Å². The molecule has 11 heteroatoms. The maximum absolute atomic E-state index is 13.9. The van der Waals surface area contributed by atoms with Crippen LogP contribution in [0.1, 0.15) is 46.1 Å². The second-order valence-corrected chi connectivity index (χ2v) is 15.0. The molecule has 0 aliphatic carbocycles. The minimum Gasteiger partial charge on any atom is -0.467 e. The average Bonchev–Trinajstić information content (AvgIpc) is 3.15. The first-order valence-corrected chi connectivity index (χ1v) is 18.9. The minimum absolute atomic E-state index is 0.0134. The molecule has 0 heterocycles. The number of carbonyl (C=O) groups is 2. The molecule has 0 aliphatic heterocycles. The number of methoxy groups -OCH3 is 1. The third-order valence-corrected chi connectivity index (χ3v) is 10.6. The van der Waals surface area contributed by atoms with Crippen LogP contribution in [0.3, 0.4) is 0 Å². The molecule has 0 aliphatic rings. The average molecular weight is 752 g/mol. The van der Waals surface area contributed by atoms with Gasteiger partial charge in [-0.25, -0.2) is 13.2 Å². The summed E-state index contributed by atoms with van der Waals surface area (Å²) in [5.74, 6) is 0.0284. The van der Waals surface area contributed by atoms with Crippen molar-refractivity contribution in [1.29, 1.82) is 0 Å². The second kappa shape index (κ2) is 17.3. The number of hydrogen-bond donors (Lipinski definition) is 2. The van der Waals surface area contributed by atoms with Gasteiger partial charge in [0.05, 0.1) is 18.4 Å². The molecule has 0 fully saturated rings. The Morgan fingerprint density at radius 1 is 0.887 bits per heavy atom. The Morgan fingerprint density at radius 3 is 2.26 bits per heavy atom. The minimum atomic E-state index is -4.09. The molecule has 9 nitrogen and oxygen atoms in total. The highest BCUT2D eigenvalue weighted by Crippen LogP contribution is 2.35. The van der Waals surface area contributed by atoms with Crippen molar-refractivity contribution in [2.24, 2.45) is 0 Å². The molecular formula is C42H42ClN3O6S. The monoisotopic (exact) mass is 751 g/mol. The molecule has 5 rings (SSSR count). The van der Waals surface area contributed by atoms with E-state index in [0.717, 1.165) is 27.9 Å². The number of nitrogens with one attached hydrogen (secondary N) is 2. The fourth-order valence-electron chi connectivity index (χ4n) is 5.90. The number of esters is 1. The summed E-state index contributed by atoms with van der Waals surface area (Å²) in [5, 5.41) is 1.95. The number of sulfonamides is 1. The lowest BCUT2D eigenvalue weighted by Gasteiger charge is -2.23. The lowest BCUT2D eigenvalue weighted by Crippen LogP contribution is -2.43. The van der Waals surface area contributed by atoms with E-state index in [0.29, 0.717) is 17.1 Å². The van der Waals surface area contributed by atoms with Gasteiger partial charge in [0, 0.05) is 42.4 Å². The molecule has 0 aromatic heterocycles. The van der Waals surface area contributed by atoms with Gasteiger partial charge in [-0.3, -0.25) is 9.52 Å². The summed E-state index contributed by atoms with van der Waals surface area (Å²) in [4.78, 5) is 28.7. The van der Waals surface area contributed by atoms with Crippen molar-refractivity contribution < 1.29 is 27.5 Å². The number of para-hydroxylation sites is 2. The topological polar surface area (TPSA) is 114 Å².